The summed E-state index contributed by atoms with van der Waals surface area (Å²) in [5.74, 6) is 1.11. The molecule has 0 fully saturated rings. The second-order valence-electron chi connectivity index (χ2n) is 5.77. The molecule has 3 aromatic rings. The first-order chi connectivity index (χ1) is 14.6. The average Bonchev–Trinajstić information content (AvgIpc) is 2.78. The molecule has 0 atom stereocenters. The van der Waals surface area contributed by atoms with Gasteiger partial charge in [0.15, 0.2) is 22.7 Å². The van der Waals surface area contributed by atoms with Crippen molar-refractivity contribution >= 4 is 22.9 Å². The summed E-state index contributed by atoms with van der Waals surface area (Å²) >= 11 is 0. The first-order valence-corrected chi connectivity index (χ1v) is 8.91. The van der Waals surface area contributed by atoms with Gasteiger partial charge in [0.2, 0.25) is 11.8 Å². The Morgan fingerprint density at radius 2 is 1.67 bits per heavy atom. The van der Waals surface area contributed by atoms with Crippen molar-refractivity contribution < 1.29 is 29.4 Å². The Morgan fingerprint density at radius 3 is 2.30 bits per heavy atom. The third kappa shape index (κ3) is 4.63. The molecule has 0 aliphatic carbocycles. The number of nitrogen functional groups attached to an aromatic ring is 1. The lowest BCUT2D eigenvalue weighted by Gasteiger charge is -2.21. The van der Waals surface area contributed by atoms with Crippen LogP contribution >= 0.6 is 0 Å². The van der Waals surface area contributed by atoms with Crippen molar-refractivity contribution in [1.82, 2.24) is 19.9 Å². The first-order valence-electron chi connectivity index (χ1n) is 8.91. The zero-order chi connectivity index (χ0) is 21.5. The van der Waals surface area contributed by atoms with Gasteiger partial charge in [-0.2, -0.15) is 9.97 Å². The maximum absolute atomic E-state index is 9.08. The number of ether oxygens (including phenoxy) is 2. The molecule has 2 aromatic heterocycles. The number of nitrogens with two attached hydrogens (primary N) is 1. The third-order valence-corrected chi connectivity index (χ3v) is 3.86. The van der Waals surface area contributed by atoms with Crippen LogP contribution in [-0.4, -0.2) is 70.8 Å². The van der Waals surface area contributed by atoms with E-state index in [1.54, 1.807) is 25.3 Å². The average molecular weight is 418 g/mol. The summed E-state index contributed by atoms with van der Waals surface area (Å²) in [5, 5.41) is 19.1. The molecule has 0 aliphatic rings. The fourth-order valence-corrected chi connectivity index (χ4v) is 2.58. The molecule has 0 spiro atoms. The molecule has 0 amide bonds. The molecular weight excluding hydrogens is 396 g/mol. The lowest BCUT2D eigenvalue weighted by molar-refractivity contribution is -0.104. The maximum atomic E-state index is 9.08. The lowest BCUT2D eigenvalue weighted by atomic mass is 10.1. The molecule has 0 aliphatic heterocycles. The van der Waals surface area contributed by atoms with Gasteiger partial charge < -0.3 is 25.4 Å². The van der Waals surface area contributed by atoms with E-state index in [9.17, 15) is 0 Å². The van der Waals surface area contributed by atoms with Gasteiger partial charge in [-0.1, -0.05) is 0 Å². The van der Waals surface area contributed by atoms with E-state index in [0.29, 0.717) is 22.8 Å². The van der Waals surface area contributed by atoms with Crippen LogP contribution in [0.25, 0.3) is 22.4 Å². The Kier molecular flexibility index (Phi) is 7.08. The number of hydrogen-bond acceptors (Lipinski definition) is 12. The summed E-state index contributed by atoms with van der Waals surface area (Å²) in [5.41, 5.74) is 7.45. The molecule has 0 saturated heterocycles. The van der Waals surface area contributed by atoms with Gasteiger partial charge >= 0.3 is 0 Å². The van der Waals surface area contributed by atoms with Crippen molar-refractivity contribution in [3.8, 4) is 22.8 Å². The van der Waals surface area contributed by atoms with E-state index in [0.717, 1.165) is 5.23 Å². The van der Waals surface area contributed by atoms with Crippen LogP contribution in [0.3, 0.4) is 0 Å². The standard InChI is InChI=1S/C18H22N6O6/c1-27-13-4-3-11(9-14(13)28-2)12-10-20-16-15(21-12)17(23-18(19)22-16)24(29-7-5-25)30-8-6-26/h3-4,9-10,25-26H,5-8H2,1-2H3,(H2,19,20,22,23). The van der Waals surface area contributed by atoms with Crippen LogP contribution in [-0.2, 0) is 9.68 Å². The number of aliphatic hydroxyl groups excluding tert-OH is 2. The van der Waals surface area contributed by atoms with Crippen LogP contribution in [0.1, 0.15) is 0 Å². The molecule has 0 unspecified atom stereocenters. The molecular formula is C18H22N6O6. The molecule has 3 rings (SSSR count). The Labute approximate surface area is 171 Å². The molecule has 30 heavy (non-hydrogen) atoms. The number of benzene rings is 1. The summed E-state index contributed by atoms with van der Waals surface area (Å²) in [4.78, 5) is 27.8. The minimum absolute atomic E-state index is 0.0733. The van der Waals surface area contributed by atoms with Crippen molar-refractivity contribution in [2.75, 3.05) is 51.6 Å². The quantitative estimate of drug-likeness (QED) is 0.388. The minimum atomic E-state index is -0.264. The molecule has 0 saturated carbocycles. The number of anilines is 2. The van der Waals surface area contributed by atoms with Gasteiger partial charge in [0.1, 0.15) is 13.2 Å². The first kappa shape index (κ1) is 21.4. The second kappa shape index (κ2) is 9.93. The van der Waals surface area contributed by atoms with Crippen LogP contribution in [0.4, 0.5) is 11.8 Å². The van der Waals surface area contributed by atoms with Crippen LogP contribution < -0.4 is 20.4 Å². The van der Waals surface area contributed by atoms with Gasteiger partial charge in [-0.25, -0.2) is 19.6 Å². The Hall–Kier alpha value is -3.32. The van der Waals surface area contributed by atoms with E-state index in [1.165, 1.54) is 13.3 Å². The Balaban J connectivity index is 2.10. The molecule has 1 aromatic carbocycles. The third-order valence-electron chi connectivity index (χ3n) is 3.86. The van der Waals surface area contributed by atoms with E-state index in [-0.39, 0.29) is 49.4 Å². The number of nitrogens with zero attached hydrogens (tertiary/aromatic N) is 5. The van der Waals surface area contributed by atoms with Gasteiger partial charge in [0, 0.05) is 5.56 Å². The van der Waals surface area contributed by atoms with E-state index in [1.807, 2.05) is 0 Å². The Bertz CT molecular complexity index is 996. The van der Waals surface area contributed by atoms with E-state index in [4.69, 9.17) is 35.1 Å². The number of aromatic nitrogens is 4. The van der Waals surface area contributed by atoms with Crippen molar-refractivity contribution in [2.45, 2.75) is 0 Å². The van der Waals surface area contributed by atoms with Crippen molar-refractivity contribution in [2.24, 2.45) is 0 Å². The predicted octanol–water partition coefficient (Wildman–Crippen LogP) is 0.340. The van der Waals surface area contributed by atoms with Gasteiger partial charge in [-0.05, 0) is 18.2 Å². The molecule has 4 N–H and O–H groups in total. The number of hydrogen-bond donors (Lipinski definition) is 3. The Morgan fingerprint density at radius 1 is 0.967 bits per heavy atom. The number of fused-ring (bicyclic) bond motifs is 1. The summed E-state index contributed by atoms with van der Waals surface area (Å²) in [7, 11) is 3.09. The van der Waals surface area contributed by atoms with Crippen molar-refractivity contribution in [3.05, 3.63) is 24.4 Å². The highest BCUT2D eigenvalue weighted by molar-refractivity contribution is 5.85. The van der Waals surface area contributed by atoms with Gasteiger partial charge in [0.05, 0.1) is 39.3 Å². The van der Waals surface area contributed by atoms with Gasteiger partial charge in [-0.3, -0.25) is 0 Å². The molecule has 2 heterocycles. The highest BCUT2D eigenvalue weighted by Crippen LogP contribution is 2.32. The highest BCUT2D eigenvalue weighted by Gasteiger charge is 2.19. The number of methoxy groups -OCH3 is 2. The van der Waals surface area contributed by atoms with E-state index in [2.05, 4.69) is 19.9 Å². The summed E-state index contributed by atoms with van der Waals surface area (Å²) in [6.45, 7) is -0.695. The van der Waals surface area contributed by atoms with Gasteiger partial charge in [-0.15, -0.1) is 5.23 Å². The normalized spacial score (nSPS) is 10.9. The minimum Gasteiger partial charge on any atom is -0.493 e. The molecule has 12 heteroatoms. The zero-order valence-electron chi connectivity index (χ0n) is 16.5. The van der Waals surface area contributed by atoms with E-state index < -0.39 is 0 Å². The fourth-order valence-electron chi connectivity index (χ4n) is 2.58. The van der Waals surface area contributed by atoms with Crippen LogP contribution in [0.5, 0.6) is 11.5 Å². The monoisotopic (exact) mass is 418 g/mol. The highest BCUT2D eigenvalue weighted by atomic mass is 17.0. The molecule has 0 bridgehead atoms. The summed E-state index contributed by atoms with van der Waals surface area (Å²) in [6, 6.07) is 5.31. The zero-order valence-corrected chi connectivity index (χ0v) is 16.5. The van der Waals surface area contributed by atoms with Crippen molar-refractivity contribution in [3.63, 3.8) is 0 Å². The molecule has 0 radical (unpaired) electrons. The summed E-state index contributed by atoms with van der Waals surface area (Å²) < 4.78 is 10.6. The predicted molar refractivity (Wildman–Crippen MR) is 107 cm³/mol. The fraction of sp³-hybridized carbons (Fsp3) is 0.333. The topological polar surface area (TPSA) is 158 Å². The van der Waals surface area contributed by atoms with Crippen LogP contribution in [0.15, 0.2) is 24.4 Å². The van der Waals surface area contributed by atoms with E-state index >= 15 is 0 Å². The van der Waals surface area contributed by atoms with Crippen LogP contribution in [0.2, 0.25) is 0 Å². The lowest BCUT2D eigenvalue weighted by Crippen LogP contribution is -2.28. The largest absolute Gasteiger partial charge is 0.493 e. The summed E-state index contributed by atoms with van der Waals surface area (Å²) in [6.07, 6.45) is 1.54. The SMILES string of the molecule is COc1ccc(-c2cnc3nc(N)nc(N(OCCO)OCCO)c3n2)cc1OC. The number of aliphatic hydroxyl groups is 2. The second-order valence-corrected chi connectivity index (χ2v) is 5.77. The van der Waals surface area contributed by atoms with Crippen LogP contribution in [0, 0.1) is 0 Å². The van der Waals surface area contributed by atoms with Gasteiger partial charge in [0.25, 0.3) is 0 Å². The van der Waals surface area contributed by atoms with Crippen molar-refractivity contribution in [1.29, 1.82) is 0 Å². The molecule has 12 nitrogen and oxygen atoms in total. The molecule has 160 valence electrons. The maximum Gasteiger partial charge on any atom is 0.224 e. The smallest absolute Gasteiger partial charge is 0.224 e. The number of rotatable bonds is 10.